The van der Waals surface area contributed by atoms with E-state index in [1.54, 1.807) is 43.5 Å². The van der Waals surface area contributed by atoms with Gasteiger partial charge >= 0.3 is 11.6 Å². The number of rotatable bonds is 7. The predicted octanol–water partition coefficient (Wildman–Crippen LogP) is 3.62. The van der Waals surface area contributed by atoms with Crippen molar-refractivity contribution >= 4 is 17.2 Å². The number of para-hydroxylation sites is 1. The standard InChI is InChI=1S/C17H15N5O4/c1-25-13-7-9-14(10-8-13)26-17-15(22(23)24)16(18-11-19-17)21-20-12-5-3-2-4-6-12/h2-11,20H,1H3,(H,18,19,21). The van der Waals surface area contributed by atoms with Crippen LogP contribution in [0.5, 0.6) is 17.4 Å². The molecule has 0 saturated carbocycles. The molecule has 0 bridgehead atoms. The van der Waals surface area contributed by atoms with Crippen molar-refractivity contribution < 1.29 is 14.4 Å². The van der Waals surface area contributed by atoms with Gasteiger partial charge in [0.25, 0.3) is 0 Å². The van der Waals surface area contributed by atoms with E-state index in [4.69, 9.17) is 9.47 Å². The molecule has 1 aromatic heterocycles. The average Bonchev–Trinajstić information content (AvgIpc) is 2.67. The third kappa shape index (κ3) is 3.96. The summed E-state index contributed by atoms with van der Waals surface area (Å²) >= 11 is 0. The van der Waals surface area contributed by atoms with Crippen LogP contribution in [0.4, 0.5) is 17.2 Å². The molecule has 0 unspecified atom stereocenters. The smallest absolute Gasteiger partial charge is 0.374 e. The van der Waals surface area contributed by atoms with Gasteiger partial charge in [-0.1, -0.05) is 18.2 Å². The lowest BCUT2D eigenvalue weighted by atomic mass is 10.3. The van der Waals surface area contributed by atoms with Crippen molar-refractivity contribution in [1.29, 1.82) is 0 Å². The third-order valence-corrected chi connectivity index (χ3v) is 3.34. The van der Waals surface area contributed by atoms with E-state index in [0.717, 1.165) is 5.69 Å². The van der Waals surface area contributed by atoms with Crippen LogP contribution in [0.1, 0.15) is 0 Å². The zero-order valence-corrected chi connectivity index (χ0v) is 13.7. The summed E-state index contributed by atoms with van der Waals surface area (Å²) in [4.78, 5) is 18.7. The summed E-state index contributed by atoms with van der Waals surface area (Å²) in [5.41, 5.74) is 5.90. The Hall–Kier alpha value is -3.88. The first-order chi connectivity index (χ1) is 12.7. The maximum Gasteiger partial charge on any atom is 0.374 e. The van der Waals surface area contributed by atoms with Crippen molar-refractivity contribution in [3.63, 3.8) is 0 Å². The fraction of sp³-hybridized carbons (Fsp3) is 0.0588. The second-order valence-corrected chi connectivity index (χ2v) is 5.03. The number of nitrogens with one attached hydrogen (secondary N) is 2. The molecule has 0 aliphatic carbocycles. The Bertz CT molecular complexity index is 887. The summed E-state index contributed by atoms with van der Waals surface area (Å²) in [6.07, 6.45) is 1.18. The Morgan fingerprint density at radius 1 is 0.962 bits per heavy atom. The fourth-order valence-electron chi connectivity index (χ4n) is 2.10. The van der Waals surface area contributed by atoms with Crippen molar-refractivity contribution in [1.82, 2.24) is 9.97 Å². The normalized spacial score (nSPS) is 10.0. The van der Waals surface area contributed by atoms with Crippen molar-refractivity contribution in [3.8, 4) is 17.4 Å². The average molecular weight is 353 g/mol. The number of methoxy groups -OCH3 is 1. The molecule has 0 aliphatic rings. The molecular weight excluding hydrogens is 338 g/mol. The monoisotopic (exact) mass is 353 g/mol. The molecule has 3 rings (SSSR count). The fourth-order valence-corrected chi connectivity index (χ4v) is 2.10. The molecule has 0 spiro atoms. The summed E-state index contributed by atoms with van der Waals surface area (Å²) in [5, 5.41) is 11.5. The van der Waals surface area contributed by atoms with Gasteiger partial charge in [-0.2, -0.15) is 4.98 Å². The van der Waals surface area contributed by atoms with E-state index in [1.165, 1.54) is 6.33 Å². The quantitative estimate of drug-likeness (QED) is 0.489. The van der Waals surface area contributed by atoms with E-state index < -0.39 is 4.92 Å². The highest BCUT2D eigenvalue weighted by Gasteiger charge is 2.25. The Kier molecular flexibility index (Phi) is 5.08. The first-order valence-corrected chi connectivity index (χ1v) is 7.56. The molecular formula is C17H15N5O4. The maximum atomic E-state index is 11.5. The highest BCUT2D eigenvalue weighted by molar-refractivity contribution is 5.64. The molecule has 1 heterocycles. The number of benzene rings is 2. The Morgan fingerprint density at radius 2 is 1.65 bits per heavy atom. The predicted molar refractivity (Wildman–Crippen MR) is 95.4 cm³/mol. The summed E-state index contributed by atoms with van der Waals surface area (Å²) in [6, 6.07) is 15.7. The SMILES string of the molecule is COc1ccc(Oc2ncnc(NNc3ccccc3)c2[N+](=O)[O-])cc1. The number of hydrogen-bond acceptors (Lipinski definition) is 8. The minimum Gasteiger partial charge on any atom is -0.497 e. The van der Waals surface area contributed by atoms with Crippen molar-refractivity contribution in [2.45, 2.75) is 0 Å². The van der Waals surface area contributed by atoms with E-state index in [2.05, 4.69) is 20.8 Å². The van der Waals surface area contributed by atoms with Crippen molar-refractivity contribution in [3.05, 3.63) is 71.0 Å². The van der Waals surface area contributed by atoms with Crippen LogP contribution in [0, 0.1) is 10.1 Å². The molecule has 0 saturated heterocycles. The Morgan fingerprint density at radius 3 is 2.31 bits per heavy atom. The van der Waals surface area contributed by atoms with Gasteiger partial charge in [0.05, 0.1) is 17.7 Å². The molecule has 2 N–H and O–H groups in total. The van der Waals surface area contributed by atoms with Crippen LogP contribution < -0.4 is 20.3 Å². The van der Waals surface area contributed by atoms with Gasteiger partial charge < -0.3 is 9.47 Å². The molecule has 9 heteroatoms. The first-order valence-electron chi connectivity index (χ1n) is 7.56. The molecule has 2 aromatic carbocycles. The van der Waals surface area contributed by atoms with Crippen LogP contribution in [0.3, 0.4) is 0 Å². The number of nitrogens with zero attached hydrogens (tertiary/aromatic N) is 3. The van der Waals surface area contributed by atoms with Crippen LogP contribution in [-0.2, 0) is 0 Å². The van der Waals surface area contributed by atoms with Crippen LogP contribution in [0.15, 0.2) is 60.9 Å². The molecule has 0 aliphatic heterocycles. The zero-order chi connectivity index (χ0) is 18.4. The highest BCUT2D eigenvalue weighted by Crippen LogP contribution is 2.34. The Labute approximate surface area is 148 Å². The summed E-state index contributed by atoms with van der Waals surface area (Å²) in [5.74, 6) is 0.836. The van der Waals surface area contributed by atoms with Gasteiger partial charge in [-0.25, -0.2) is 4.98 Å². The van der Waals surface area contributed by atoms with Crippen LogP contribution in [-0.4, -0.2) is 22.0 Å². The number of ether oxygens (including phenoxy) is 2. The minimum absolute atomic E-state index is 0.0163. The zero-order valence-electron chi connectivity index (χ0n) is 13.7. The van der Waals surface area contributed by atoms with Crippen molar-refractivity contribution in [2.75, 3.05) is 18.0 Å². The molecule has 26 heavy (non-hydrogen) atoms. The number of nitro groups is 1. The molecule has 132 valence electrons. The summed E-state index contributed by atoms with van der Waals surface area (Å²) in [6.45, 7) is 0. The van der Waals surface area contributed by atoms with E-state index in [9.17, 15) is 10.1 Å². The molecule has 0 radical (unpaired) electrons. The molecule has 0 fully saturated rings. The lowest BCUT2D eigenvalue weighted by molar-refractivity contribution is -0.385. The lowest BCUT2D eigenvalue weighted by Gasteiger charge is -2.11. The van der Waals surface area contributed by atoms with Gasteiger partial charge in [0.2, 0.25) is 5.82 Å². The largest absolute Gasteiger partial charge is 0.497 e. The summed E-state index contributed by atoms with van der Waals surface area (Å²) < 4.78 is 10.6. The third-order valence-electron chi connectivity index (χ3n) is 3.34. The highest BCUT2D eigenvalue weighted by atomic mass is 16.6. The van der Waals surface area contributed by atoms with Crippen LogP contribution >= 0.6 is 0 Å². The molecule has 0 atom stereocenters. The van der Waals surface area contributed by atoms with Crippen molar-refractivity contribution in [2.24, 2.45) is 0 Å². The van der Waals surface area contributed by atoms with Gasteiger partial charge in [-0.05, 0) is 36.4 Å². The molecule has 0 amide bonds. The molecule has 9 nitrogen and oxygen atoms in total. The second kappa shape index (κ2) is 7.79. The number of aromatic nitrogens is 2. The van der Waals surface area contributed by atoms with Gasteiger partial charge in [0.15, 0.2) is 0 Å². The second-order valence-electron chi connectivity index (χ2n) is 5.03. The van der Waals surface area contributed by atoms with E-state index in [0.29, 0.717) is 11.5 Å². The van der Waals surface area contributed by atoms with Crippen LogP contribution in [0.2, 0.25) is 0 Å². The first kappa shape index (κ1) is 17.0. The topological polar surface area (TPSA) is 111 Å². The Balaban J connectivity index is 1.84. The van der Waals surface area contributed by atoms with Gasteiger partial charge in [-0.3, -0.25) is 21.0 Å². The summed E-state index contributed by atoms with van der Waals surface area (Å²) in [7, 11) is 1.54. The maximum absolute atomic E-state index is 11.5. The lowest BCUT2D eigenvalue weighted by Crippen LogP contribution is -2.12. The number of anilines is 2. The van der Waals surface area contributed by atoms with E-state index in [1.807, 2.05) is 18.2 Å². The van der Waals surface area contributed by atoms with Crippen LogP contribution in [0.25, 0.3) is 0 Å². The van der Waals surface area contributed by atoms with E-state index in [-0.39, 0.29) is 17.4 Å². The minimum atomic E-state index is -0.603. The molecule has 3 aromatic rings. The van der Waals surface area contributed by atoms with Gasteiger partial charge in [0.1, 0.15) is 17.8 Å². The van der Waals surface area contributed by atoms with Gasteiger partial charge in [-0.15, -0.1) is 0 Å². The number of hydrazine groups is 1. The number of hydrogen-bond donors (Lipinski definition) is 2. The van der Waals surface area contributed by atoms with E-state index >= 15 is 0 Å². The van der Waals surface area contributed by atoms with Gasteiger partial charge in [0, 0.05) is 0 Å².